The third-order valence-electron chi connectivity index (χ3n) is 4.97. The molecule has 6 nitrogen and oxygen atoms in total. The molecule has 0 radical (unpaired) electrons. The van der Waals surface area contributed by atoms with Crippen LogP contribution < -0.4 is 14.8 Å². The lowest BCUT2D eigenvalue weighted by Gasteiger charge is -2.31. The molecule has 1 fully saturated rings. The highest BCUT2D eigenvalue weighted by Crippen LogP contribution is 2.20. The fourth-order valence-electron chi connectivity index (χ4n) is 3.32. The Bertz CT molecular complexity index is 786. The number of para-hydroxylation sites is 2. The molecule has 0 unspecified atom stereocenters. The number of rotatable bonds is 7. The number of nitrogens with one attached hydrogen (secondary N) is 1. The highest BCUT2D eigenvalue weighted by atomic mass is 16.5. The van der Waals surface area contributed by atoms with Gasteiger partial charge in [-0.1, -0.05) is 36.4 Å². The Balaban J connectivity index is 1.41. The smallest absolute Gasteiger partial charge is 0.260 e. The summed E-state index contributed by atoms with van der Waals surface area (Å²) in [6.45, 7) is 1.61. The van der Waals surface area contributed by atoms with E-state index in [4.69, 9.17) is 9.47 Å². The summed E-state index contributed by atoms with van der Waals surface area (Å²) in [5, 5.41) is 2.99. The summed E-state index contributed by atoms with van der Waals surface area (Å²) < 4.78 is 10.8. The molecule has 28 heavy (non-hydrogen) atoms. The Hall–Kier alpha value is -3.02. The van der Waals surface area contributed by atoms with E-state index in [9.17, 15) is 9.59 Å². The SMILES string of the molecule is COc1ccccc1CNC(=O)C1CCN(C(=O)COc2ccccc2)CC1. The van der Waals surface area contributed by atoms with E-state index < -0.39 is 0 Å². The van der Waals surface area contributed by atoms with Gasteiger partial charge < -0.3 is 19.7 Å². The van der Waals surface area contributed by atoms with Crippen LogP contribution in [0.3, 0.4) is 0 Å². The van der Waals surface area contributed by atoms with E-state index in [0.717, 1.165) is 11.3 Å². The molecular formula is C22H26N2O4. The minimum absolute atomic E-state index is 0.0225. The molecule has 0 bridgehead atoms. The summed E-state index contributed by atoms with van der Waals surface area (Å²) in [5.74, 6) is 1.35. The summed E-state index contributed by atoms with van der Waals surface area (Å²) in [7, 11) is 1.62. The van der Waals surface area contributed by atoms with E-state index in [1.807, 2.05) is 54.6 Å². The fourth-order valence-corrected chi connectivity index (χ4v) is 3.32. The number of amides is 2. The van der Waals surface area contributed by atoms with E-state index in [-0.39, 0.29) is 24.3 Å². The molecule has 148 valence electrons. The Kier molecular flexibility index (Phi) is 6.89. The van der Waals surface area contributed by atoms with Gasteiger partial charge in [0.25, 0.3) is 5.91 Å². The molecule has 1 aliphatic rings. The average Bonchev–Trinajstić information content (AvgIpc) is 2.76. The lowest BCUT2D eigenvalue weighted by atomic mass is 9.95. The monoisotopic (exact) mass is 382 g/mol. The molecule has 0 aliphatic carbocycles. The van der Waals surface area contributed by atoms with E-state index >= 15 is 0 Å². The van der Waals surface area contributed by atoms with Crippen molar-refractivity contribution in [2.24, 2.45) is 5.92 Å². The second-order valence-electron chi connectivity index (χ2n) is 6.79. The van der Waals surface area contributed by atoms with Crippen molar-refractivity contribution < 1.29 is 19.1 Å². The molecule has 2 amide bonds. The van der Waals surface area contributed by atoms with Crippen LogP contribution in [0.15, 0.2) is 54.6 Å². The number of nitrogens with zero attached hydrogens (tertiary/aromatic N) is 1. The first-order valence-corrected chi connectivity index (χ1v) is 9.52. The maximum Gasteiger partial charge on any atom is 0.260 e. The molecule has 0 spiro atoms. The van der Waals surface area contributed by atoms with Crippen LogP contribution in [0.1, 0.15) is 18.4 Å². The quantitative estimate of drug-likeness (QED) is 0.799. The van der Waals surface area contributed by atoms with E-state index in [2.05, 4.69) is 5.32 Å². The molecule has 3 rings (SSSR count). The van der Waals surface area contributed by atoms with Crippen LogP contribution in [0.4, 0.5) is 0 Å². The van der Waals surface area contributed by atoms with E-state index in [1.165, 1.54) is 0 Å². The van der Waals surface area contributed by atoms with Crippen LogP contribution in [0.2, 0.25) is 0 Å². The van der Waals surface area contributed by atoms with Gasteiger partial charge in [-0.15, -0.1) is 0 Å². The predicted molar refractivity (Wildman–Crippen MR) is 106 cm³/mol. The number of ether oxygens (including phenoxy) is 2. The zero-order valence-corrected chi connectivity index (χ0v) is 16.1. The summed E-state index contributed by atoms with van der Waals surface area (Å²) in [6.07, 6.45) is 1.32. The normalized spacial score (nSPS) is 14.4. The first kappa shape index (κ1) is 19.7. The number of carbonyl (C=O) groups excluding carboxylic acids is 2. The van der Waals surface area contributed by atoms with Crippen molar-refractivity contribution >= 4 is 11.8 Å². The van der Waals surface area contributed by atoms with Crippen molar-refractivity contribution in [1.82, 2.24) is 10.2 Å². The number of benzene rings is 2. The van der Waals surface area contributed by atoms with Crippen molar-refractivity contribution in [2.45, 2.75) is 19.4 Å². The van der Waals surface area contributed by atoms with Gasteiger partial charge in [-0.05, 0) is 31.0 Å². The Morgan fingerprint density at radius 2 is 1.71 bits per heavy atom. The number of carbonyl (C=O) groups is 2. The summed E-state index contributed by atoms with van der Waals surface area (Å²) in [4.78, 5) is 26.6. The van der Waals surface area contributed by atoms with Crippen LogP contribution >= 0.6 is 0 Å². The predicted octanol–water partition coefficient (Wildman–Crippen LogP) is 2.63. The number of methoxy groups -OCH3 is 1. The summed E-state index contributed by atoms with van der Waals surface area (Å²) in [5.41, 5.74) is 0.948. The van der Waals surface area contributed by atoms with Crippen molar-refractivity contribution in [1.29, 1.82) is 0 Å². The molecule has 1 saturated heterocycles. The highest BCUT2D eigenvalue weighted by Gasteiger charge is 2.27. The molecule has 2 aromatic rings. The molecule has 0 saturated carbocycles. The fraction of sp³-hybridized carbons (Fsp3) is 0.364. The topological polar surface area (TPSA) is 67.9 Å². The summed E-state index contributed by atoms with van der Waals surface area (Å²) in [6, 6.07) is 16.9. The third-order valence-corrected chi connectivity index (χ3v) is 4.97. The minimum atomic E-state index is -0.0752. The van der Waals surface area contributed by atoms with E-state index in [0.29, 0.717) is 38.2 Å². The standard InChI is InChI=1S/C22H26N2O4/c1-27-20-10-6-5-7-18(20)15-23-22(26)17-11-13-24(14-12-17)21(25)16-28-19-8-3-2-4-9-19/h2-10,17H,11-16H2,1H3,(H,23,26). The van der Waals surface area contributed by atoms with Gasteiger partial charge in [0.1, 0.15) is 11.5 Å². The molecule has 1 N–H and O–H groups in total. The average molecular weight is 382 g/mol. The van der Waals surface area contributed by atoms with Crippen LogP contribution in [0.5, 0.6) is 11.5 Å². The summed E-state index contributed by atoms with van der Waals surface area (Å²) >= 11 is 0. The van der Waals surface area contributed by atoms with E-state index in [1.54, 1.807) is 12.0 Å². The van der Waals surface area contributed by atoms with Crippen molar-refractivity contribution in [3.63, 3.8) is 0 Å². The van der Waals surface area contributed by atoms with Gasteiger partial charge in [0.15, 0.2) is 6.61 Å². The van der Waals surface area contributed by atoms with Gasteiger partial charge in [0, 0.05) is 31.1 Å². The van der Waals surface area contributed by atoms with Gasteiger partial charge >= 0.3 is 0 Å². The lowest BCUT2D eigenvalue weighted by molar-refractivity contribution is -0.137. The second-order valence-corrected chi connectivity index (χ2v) is 6.79. The minimum Gasteiger partial charge on any atom is -0.496 e. The third kappa shape index (κ3) is 5.25. The van der Waals surface area contributed by atoms with Crippen LogP contribution in [0.25, 0.3) is 0 Å². The Labute approximate surface area is 165 Å². The molecule has 6 heteroatoms. The molecule has 1 aliphatic heterocycles. The largest absolute Gasteiger partial charge is 0.496 e. The van der Waals surface area contributed by atoms with Crippen LogP contribution in [-0.4, -0.2) is 43.5 Å². The van der Waals surface area contributed by atoms with Crippen molar-refractivity contribution in [3.8, 4) is 11.5 Å². The number of hydrogen-bond donors (Lipinski definition) is 1. The van der Waals surface area contributed by atoms with Crippen LogP contribution in [0, 0.1) is 5.92 Å². The number of hydrogen-bond acceptors (Lipinski definition) is 4. The van der Waals surface area contributed by atoms with Crippen LogP contribution in [-0.2, 0) is 16.1 Å². The zero-order chi connectivity index (χ0) is 19.8. The number of piperidine rings is 1. The van der Waals surface area contributed by atoms with Gasteiger partial charge in [-0.3, -0.25) is 9.59 Å². The number of likely N-dealkylation sites (tertiary alicyclic amines) is 1. The van der Waals surface area contributed by atoms with Gasteiger partial charge in [-0.2, -0.15) is 0 Å². The molecular weight excluding hydrogens is 356 g/mol. The zero-order valence-electron chi connectivity index (χ0n) is 16.1. The first-order valence-electron chi connectivity index (χ1n) is 9.52. The highest BCUT2D eigenvalue weighted by molar-refractivity contribution is 5.80. The second kappa shape index (κ2) is 9.78. The van der Waals surface area contributed by atoms with Crippen molar-refractivity contribution in [2.75, 3.05) is 26.8 Å². The molecule has 0 aromatic heterocycles. The van der Waals surface area contributed by atoms with Gasteiger partial charge in [0.05, 0.1) is 7.11 Å². The first-order chi connectivity index (χ1) is 13.7. The maximum atomic E-state index is 12.5. The molecule has 1 heterocycles. The van der Waals surface area contributed by atoms with Gasteiger partial charge in [-0.25, -0.2) is 0 Å². The van der Waals surface area contributed by atoms with Crippen molar-refractivity contribution in [3.05, 3.63) is 60.2 Å². The Morgan fingerprint density at radius 3 is 2.43 bits per heavy atom. The molecule has 2 aromatic carbocycles. The Morgan fingerprint density at radius 1 is 1.04 bits per heavy atom. The lowest BCUT2D eigenvalue weighted by Crippen LogP contribution is -2.44. The molecule has 0 atom stereocenters. The van der Waals surface area contributed by atoms with Gasteiger partial charge in [0.2, 0.25) is 5.91 Å². The maximum absolute atomic E-state index is 12.5.